The molecule has 18 heavy (non-hydrogen) atoms. The van der Waals surface area contributed by atoms with Gasteiger partial charge < -0.3 is 10.7 Å². The van der Waals surface area contributed by atoms with E-state index in [4.69, 9.17) is 5.73 Å². The molecule has 2 rings (SSSR count). The van der Waals surface area contributed by atoms with E-state index in [0.717, 1.165) is 28.6 Å². The number of aromatic nitrogens is 1. The Labute approximate surface area is 107 Å². The van der Waals surface area contributed by atoms with Crippen LogP contribution in [-0.4, -0.2) is 19.7 Å². The molecule has 0 aliphatic rings. The maximum absolute atomic E-state index is 11.6. The number of aromatic amines is 1. The Hall–Kier alpha value is -1.33. The summed E-state index contributed by atoms with van der Waals surface area (Å²) in [5.41, 5.74) is 9.04. The zero-order valence-corrected chi connectivity index (χ0v) is 11.6. The molecule has 1 heterocycles. The van der Waals surface area contributed by atoms with Crippen LogP contribution in [0.4, 0.5) is 0 Å². The standard InChI is InChI=1S/C13H18N2O2S/c1-4-11(14)13-8(2)15-12-6-5-9(7-10(12)13)18(3,16)17/h5-7,11,15H,4,14H2,1-3H3. The molecule has 1 unspecified atom stereocenters. The lowest BCUT2D eigenvalue weighted by atomic mass is 10.0. The van der Waals surface area contributed by atoms with Gasteiger partial charge in [0.25, 0.3) is 0 Å². The summed E-state index contributed by atoms with van der Waals surface area (Å²) in [6.07, 6.45) is 2.03. The number of fused-ring (bicyclic) bond motifs is 1. The summed E-state index contributed by atoms with van der Waals surface area (Å²) >= 11 is 0. The van der Waals surface area contributed by atoms with Crippen LogP contribution < -0.4 is 5.73 Å². The molecule has 98 valence electrons. The molecular weight excluding hydrogens is 248 g/mol. The second kappa shape index (κ2) is 4.40. The van der Waals surface area contributed by atoms with Gasteiger partial charge in [0.15, 0.2) is 9.84 Å². The van der Waals surface area contributed by atoms with Gasteiger partial charge in [-0.3, -0.25) is 0 Å². The van der Waals surface area contributed by atoms with Crippen molar-refractivity contribution in [1.29, 1.82) is 0 Å². The van der Waals surface area contributed by atoms with Crippen LogP contribution in [0.5, 0.6) is 0 Å². The first-order chi connectivity index (χ1) is 8.34. The first kappa shape index (κ1) is 13.1. The van der Waals surface area contributed by atoms with Gasteiger partial charge in [-0.05, 0) is 37.1 Å². The number of sulfone groups is 1. The summed E-state index contributed by atoms with van der Waals surface area (Å²) in [6.45, 7) is 3.98. The summed E-state index contributed by atoms with van der Waals surface area (Å²) < 4.78 is 23.2. The van der Waals surface area contributed by atoms with Gasteiger partial charge in [0.2, 0.25) is 0 Å². The highest BCUT2D eigenvalue weighted by Crippen LogP contribution is 2.29. The predicted octanol–water partition coefficient (Wildman–Crippen LogP) is 2.29. The van der Waals surface area contributed by atoms with E-state index in [1.807, 2.05) is 13.8 Å². The smallest absolute Gasteiger partial charge is 0.175 e. The fourth-order valence-electron chi connectivity index (χ4n) is 2.24. The number of benzene rings is 1. The Morgan fingerprint density at radius 1 is 1.39 bits per heavy atom. The van der Waals surface area contributed by atoms with Gasteiger partial charge in [0, 0.05) is 28.9 Å². The Bertz CT molecular complexity index is 686. The second-order valence-corrected chi connectivity index (χ2v) is 6.67. The lowest BCUT2D eigenvalue weighted by Gasteiger charge is -2.09. The van der Waals surface area contributed by atoms with Crippen molar-refractivity contribution in [3.05, 3.63) is 29.5 Å². The van der Waals surface area contributed by atoms with Crippen LogP contribution in [0, 0.1) is 6.92 Å². The van der Waals surface area contributed by atoms with Crippen LogP contribution in [0.25, 0.3) is 10.9 Å². The quantitative estimate of drug-likeness (QED) is 0.895. The summed E-state index contributed by atoms with van der Waals surface area (Å²) in [4.78, 5) is 3.58. The summed E-state index contributed by atoms with van der Waals surface area (Å²) in [5.74, 6) is 0. The van der Waals surface area contributed by atoms with E-state index in [1.54, 1.807) is 18.2 Å². The van der Waals surface area contributed by atoms with Crippen LogP contribution >= 0.6 is 0 Å². The minimum absolute atomic E-state index is 0.0754. The lowest BCUT2D eigenvalue weighted by Crippen LogP contribution is -2.09. The molecule has 0 radical (unpaired) electrons. The van der Waals surface area contributed by atoms with Crippen molar-refractivity contribution in [3.8, 4) is 0 Å². The molecule has 0 saturated heterocycles. The van der Waals surface area contributed by atoms with E-state index >= 15 is 0 Å². The molecule has 0 aliphatic carbocycles. The van der Waals surface area contributed by atoms with Crippen LogP contribution in [-0.2, 0) is 9.84 Å². The van der Waals surface area contributed by atoms with Gasteiger partial charge in [-0.25, -0.2) is 8.42 Å². The third kappa shape index (κ3) is 2.15. The molecular formula is C13H18N2O2S. The SMILES string of the molecule is CCC(N)c1c(C)[nH]c2ccc(S(C)(=O)=O)cc12. The van der Waals surface area contributed by atoms with Crippen molar-refractivity contribution in [3.63, 3.8) is 0 Å². The highest BCUT2D eigenvalue weighted by atomic mass is 32.2. The second-order valence-electron chi connectivity index (χ2n) is 4.66. The molecule has 5 heteroatoms. The molecule has 1 aromatic heterocycles. The van der Waals surface area contributed by atoms with Crippen molar-refractivity contribution >= 4 is 20.7 Å². The average Bonchev–Trinajstić information content (AvgIpc) is 2.61. The largest absolute Gasteiger partial charge is 0.358 e. The van der Waals surface area contributed by atoms with Gasteiger partial charge in [0.05, 0.1) is 4.90 Å². The fraction of sp³-hybridized carbons (Fsp3) is 0.385. The van der Waals surface area contributed by atoms with Crippen LogP contribution in [0.3, 0.4) is 0 Å². The van der Waals surface area contributed by atoms with Gasteiger partial charge in [-0.2, -0.15) is 0 Å². The van der Waals surface area contributed by atoms with E-state index in [1.165, 1.54) is 6.26 Å². The molecule has 0 fully saturated rings. The molecule has 3 N–H and O–H groups in total. The summed E-state index contributed by atoms with van der Waals surface area (Å²) in [5, 5.41) is 0.907. The Balaban J connectivity index is 2.75. The van der Waals surface area contributed by atoms with Crippen molar-refractivity contribution in [2.75, 3.05) is 6.26 Å². The van der Waals surface area contributed by atoms with Crippen LogP contribution in [0.15, 0.2) is 23.1 Å². The number of hydrogen-bond acceptors (Lipinski definition) is 3. The van der Waals surface area contributed by atoms with Crippen LogP contribution in [0.1, 0.15) is 30.6 Å². The van der Waals surface area contributed by atoms with Crippen LogP contribution in [0.2, 0.25) is 0 Å². The normalized spacial score (nSPS) is 14.0. The molecule has 0 amide bonds. The molecule has 1 aromatic carbocycles. The van der Waals surface area contributed by atoms with Crippen molar-refractivity contribution < 1.29 is 8.42 Å². The number of hydrogen-bond donors (Lipinski definition) is 2. The zero-order valence-electron chi connectivity index (χ0n) is 10.8. The van der Waals surface area contributed by atoms with Gasteiger partial charge in [0.1, 0.15) is 0 Å². The maximum Gasteiger partial charge on any atom is 0.175 e. The van der Waals surface area contributed by atoms with Crippen molar-refractivity contribution in [2.24, 2.45) is 5.73 Å². The Kier molecular flexibility index (Phi) is 3.21. The fourth-order valence-corrected chi connectivity index (χ4v) is 2.89. The van der Waals surface area contributed by atoms with Gasteiger partial charge in [-0.1, -0.05) is 6.92 Å². The lowest BCUT2D eigenvalue weighted by molar-refractivity contribution is 0.602. The minimum atomic E-state index is -3.19. The average molecular weight is 266 g/mol. The molecule has 0 aliphatic heterocycles. The number of nitrogens with two attached hydrogens (primary N) is 1. The Morgan fingerprint density at radius 2 is 2.06 bits per heavy atom. The number of nitrogens with one attached hydrogen (secondary N) is 1. The third-order valence-electron chi connectivity index (χ3n) is 3.25. The predicted molar refractivity (Wildman–Crippen MR) is 73.4 cm³/mol. The summed E-state index contributed by atoms with van der Waals surface area (Å²) in [7, 11) is -3.19. The molecule has 2 aromatic rings. The molecule has 4 nitrogen and oxygen atoms in total. The van der Waals surface area contributed by atoms with E-state index in [-0.39, 0.29) is 6.04 Å². The monoisotopic (exact) mass is 266 g/mol. The maximum atomic E-state index is 11.6. The number of aryl methyl sites for hydroxylation is 1. The van der Waals surface area contributed by atoms with Crippen molar-refractivity contribution in [2.45, 2.75) is 31.2 Å². The number of rotatable bonds is 3. The van der Waals surface area contributed by atoms with E-state index in [2.05, 4.69) is 4.98 Å². The van der Waals surface area contributed by atoms with Gasteiger partial charge >= 0.3 is 0 Å². The molecule has 0 spiro atoms. The first-order valence-electron chi connectivity index (χ1n) is 5.92. The highest BCUT2D eigenvalue weighted by Gasteiger charge is 2.16. The molecule has 0 bridgehead atoms. The third-order valence-corrected chi connectivity index (χ3v) is 4.36. The Morgan fingerprint density at radius 3 is 2.61 bits per heavy atom. The zero-order chi connectivity index (χ0) is 13.5. The minimum Gasteiger partial charge on any atom is -0.358 e. The topological polar surface area (TPSA) is 76.0 Å². The van der Waals surface area contributed by atoms with Crippen molar-refractivity contribution in [1.82, 2.24) is 4.98 Å². The highest BCUT2D eigenvalue weighted by molar-refractivity contribution is 7.90. The first-order valence-corrected chi connectivity index (χ1v) is 7.81. The van der Waals surface area contributed by atoms with Gasteiger partial charge in [-0.15, -0.1) is 0 Å². The van der Waals surface area contributed by atoms with E-state index < -0.39 is 9.84 Å². The van der Waals surface area contributed by atoms with E-state index in [9.17, 15) is 8.42 Å². The number of H-pyrrole nitrogens is 1. The molecule has 1 atom stereocenters. The summed E-state index contributed by atoms with van der Waals surface area (Å²) in [6, 6.07) is 5.05. The van der Waals surface area contributed by atoms with E-state index in [0.29, 0.717) is 4.90 Å². The molecule has 0 saturated carbocycles.